The highest BCUT2D eigenvalue weighted by atomic mass is 19.4. The molecule has 1 aromatic carbocycles. The Bertz CT molecular complexity index is 602. The van der Waals surface area contributed by atoms with Gasteiger partial charge in [0.15, 0.2) is 0 Å². The number of amides is 1. The van der Waals surface area contributed by atoms with Crippen molar-refractivity contribution >= 4 is 5.91 Å². The van der Waals surface area contributed by atoms with Gasteiger partial charge in [-0.05, 0) is 43.5 Å². The van der Waals surface area contributed by atoms with Gasteiger partial charge in [0.05, 0.1) is 11.1 Å². The Kier molecular flexibility index (Phi) is 5.88. The fourth-order valence-corrected chi connectivity index (χ4v) is 2.91. The lowest BCUT2D eigenvalue weighted by molar-refractivity contribution is -0.137. The van der Waals surface area contributed by atoms with Gasteiger partial charge in [0.25, 0.3) is 5.91 Å². The van der Waals surface area contributed by atoms with E-state index >= 15 is 0 Å². The molecule has 0 radical (unpaired) electrons. The topological polar surface area (TPSA) is 64.3 Å². The Balaban J connectivity index is 2.26. The van der Waals surface area contributed by atoms with E-state index in [4.69, 9.17) is 10.5 Å². The van der Waals surface area contributed by atoms with Crippen LogP contribution in [0.4, 0.5) is 13.2 Å². The zero-order valence-corrected chi connectivity index (χ0v) is 13.2. The highest BCUT2D eigenvalue weighted by molar-refractivity contribution is 5.97. The minimum atomic E-state index is -4.53. The fourth-order valence-electron chi connectivity index (χ4n) is 2.91. The van der Waals surface area contributed by atoms with Gasteiger partial charge < -0.3 is 15.8 Å². The Morgan fingerprint density at radius 3 is 2.79 bits per heavy atom. The monoisotopic (exact) mass is 342 g/mol. The molecular weight excluding hydrogens is 321 g/mol. The van der Waals surface area contributed by atoms with Crippen molar-refractivity contribution in [1.82, 2.24) is 5.32 Å². The zero-order valence-electron chi connectivity index (χ0n) is 13.2. The molecule has 132 valence electrons. The first-order valence-corrected chi connectivity index (χ1v) is 7.82. The van der Waals surface area contributed by atoms with Crippen LogP contribution in [-0.4, -0.2) is 25.1 Å². The Hall–Kier alpha value is -2.02. The SMILES string of the molecule is C=CCOc1ccc(C(F)(F)F)cc1C(=O)NC1CCCC1CN. The van der Waals surface area contributed by atoms with E-state index in [0.29, 0.717) is 6.54 Å². The summed E-state index contributed by atoms with van der Waals surface area (Å²) >= 11 is 0. The molecule has 1 aromatic rings. The number of hydrogen-bond donors (Lipinski definition) is 2. The van der Waals surface area contributed by atoms with Crippen LogP contribution in [-0.2, 0) is 6.18 Å². The van der Waals surface area contributed by atoms with Gasteiger partial charge >= 0.3 is 6.18 Å². The van der Waals surface area contributed by atoms with Crippen molar-refractivity contribution in [1.29, 1.82) is 0 Å². The van der Waals surface area contributed by atoms with Crippen LogP contribution in [0.5, 0.6) is 5.75 Å². The summed E-state index contributed by atoms with van der Waals surface area (Å²) in [5.74, 6) is -0.328. The molecule has 1 saturated carbocycles. The second-order valence-electron chi connectivity index (χ2n) is 5.82. The maximum absolute atomic E-state index is 12.9. The van der Waals surface area contributed by atoms with Gasteiger partial charge in [-0.3, -0.25) is 4.79 Å². The number of carbonyl (C=O) groups excluding carboxylic acids is 1. The first kappa shape index (κ1) is 18.3. The van der Waals surface area contributed by atoms with Crippen LogP contribution < -0.4 is 15.8 Å². The molecule has 0 aliphatic heterocycles. The third-order valence-corrected chi connectivity index (χ3v) is 4.19. The summed E-state index contributed by atoms with van der Waals surface area (Å²) in [6.45, 7) is 4.03. The summed E-state index contributed by atoms with van der Waals surface area (Å²) in [5, 5.41) is 2.80. The zero-order chi connectivity index (χ0) is 17.7. The Labute approximate surface area is 138 Å². The van der Waals surface area contributed by atoms with Crippen molar-refractivity contribution in [2.24, 2.45) is 11.7 Å². The van der Waals surface area contributed by atoms with Crippen LogP contribution in [0.3, 0.4) is 0 Å². The average molecular weight is 342 g/mol. The third-order valence-electron chi connectivity index (χ3n) is 4.19. The number of halogens is 3. The first-order valence-electron chi connectivity index (χ1n) is 7.82. The first-order chi connectivity index (χ1) is 11.4. The fraction of sp³-hybridized carbons (Fsp3) is 0.471. The van der Waals surface area contributed by atoms with E-state index in [9.17, 15) is 18.0 Å². The molecule has 3 N–H and O–H groups in total. The summed E-state index contributed by atoms with van der Waals surface area (Å²) < 4.78 is 44.1. The molecule has 0 bridgehead atoms. The van der Waals surface area contributed by atoms with Crippen LogP contribution in [0.25, 0.3) is 0 Å². The molecule has 7 heteroatoms. The van der Waals surface area contributed by atoms with Crippen LogP contribution in [0.2, 0.25) is 0 Å². The predicted molar refractivity (Wildman–Crippen MR) is 84.8 cm³/mol. The molecule has 0 aromatic heterocycles. The van der Waals surface area contributed by atoms with Crippen LogP contribution in [0, 0.1) is 5.92 Å². The van der Waals surface area contributed by atoms with E-state index in [1.54, 1.807) is 0 Å². The van der Waals surface area contributed by atoms with Crippen LogP contribution in [0.1, 0.15) is 35.2 Å². The van der Waals surface area contributed by atoms with E-state index in [0.717, 1.165) is 37.5 Å². The van der Waals surface area contributed by atoms with E-state index < -0.39 is 17.6 Å². The summed E-state index contributed by atoms with van der Waals surface area (Å²) in [4.78, 5) is 12.5. The lowest BCUT2D eigenvalue weighted by atomic mass is 10.0. The molecule has 24 heavy (non-hydrogen) atoms. The molecular formula is C17H21F3N2O2. The van der Waals surface area contributed by atoms with Gasteiger partial charge in [-0.2, -0.15) is 13.2 Å². The van der Waals surface area contributed by atoms with Crippen molar-refractivity contribution in [2.75, 3.05) is 13.2 Å². The molecule has 2 unspecified atom stereocenters. The quantitative estimate of drug-likeness (QED) is 0.781. The average Bonchev–Trinajstić information content (AvgIpc) is 2.98. The summed E-state index contributed by atoms with van der Waals surface area (Å²) in [6.07, 6.45) is -0.450. The maximum atomic E-state index is 12.9. The molecule has 4 nitrogen and oxygen atoms in total. The molecule has 1 aliphatic carbocycles. The Morgan fingerprint density at radius 2 is 2.17 bits per heavy atom. The van der Waals surface area contributed by atoms with Gasteiger partial charge in [-0.25, -0.2) is 0 Å². The molecule has 0 heterocycles. The minimum Gasteiger partial charge on any atom is -0.489 e. The number of benzene rings is 1. The second kappa shape index (κ2) is 7.70. The molecule has 1 aliphatic rings. The summed E-state index contributed by atoms with van der Waals surface area (Å²) in [6, 6.07) is 2.76. The number of carbonyl (C=O) groups is 1. The lowest BCUT2D eigenvalue weighted by Gasteiger charge is -2.21. The van der Waals surface area contributed by atoms with Crippen molar-refractivity contribution in [3.63, 3.8) is 0 Å². The second-order valence-corrected chi connectivity index (χ2v) is 5.82. The highest BCUT2D eigenvalue weighted by Crippen LogP contribution is 2.33. The van der Waals surface area contributed by atoms with Crippen LogP contribution in [0.15, 0.2) is 30.9 Å². The normalized spacial score (nSPS) is 20.7. The molecule has 0 spiro atoms. The van der Waals surface area contributed by atoms with E-state index in [1.807, 2.05) is 0 Å². The number of ether oxygens (including phenoxy) is 1. The van der Waals surface area contributed by atoms with Gasteiger partial charge in [0.1, 0.15) is 12.4 Å². The maximum Gasteiger partial charge on any atom is 0.416 e. The molecule has 1 fully saturated rings. The molecule has 2 rings (SSSR count). The highest BCUT2D eigenvalue weighted by Gasteiger charge is 2.33. The van der Waals surface area contributed by atoms with Crippen LogP contribution >= 0.6 is 0 Å². The predicted octanol–water partition coefficient (Wildman–Crippen LogP) is 3.13. The van der Waals surface area contributed by atoms with E-state index in [-0.39, 0.29) is 29.9 Å². The van der Waals surface area contributed by atoms with Gasteiger partial charge in [0.2, 0.25) is 0 Å². The third kappa shape index (κ3) is 4.29. The molecule has 1 amide bonds. The molecule has 2 atom stereocenters. The standard InChI is InChI=1S/C17H21F3N2O2/c1-2-8-24-15-7-6-12(17(18,19)20)9-13(15)16(23)22-14-5-3-4-11(14)10-21/h2,6-7,9,11,14H,1,3-5,8,10,21H2,(H,22,23). The minimum absolute atomic E-state index is 0.0977. The number of alkyl halides is 3. The van der Waals surface area contributed by atoms with Gasteiger partial charge in [-0.1, -0.05) is 19.1 Å². The number of rotatable bonds is 6. The van der Waals surface area contributed by atoms with Gasteiger partial charge in [-0.15, -0.1) is 0 Å². The van der Waals surface area contributed by atoms with E-state index in [2.05, 4.69) is 11.9 Å². The smallest absolute Gasteiger partial charge is 0.416 e. The number of nitrogens with one attached hydrogen (secondary N) is 1. The van der Waals surface area contributed by atoms with Gasteiger partial charge in [0, 0.05) is 6.04 Å². The Morgan fingerprint density at radius 1 is 1.42 bits per heavy atom. The number of hydrogen-bond acceptors (Lipinski definition) is 3. The largest absolute Gasteiger partial charge is 0.489 e. The summed E-state index contributed by atoms with van der Waals surface area (Å²) in [7, 11) is 0. The van der Waals surface area contributed by atoms with Crippen molar-refractivity contribution in [3.05, 3.63) is 42.0 Å². The van der Waals surface area contributed by atoms with Crippen molar-refractivity contribution in [3.8, 4) is 5.75 Å². The van der Waals surface area contributed by atoms with Crippen molar-refractivity contribution < 1.29 is 22.7 Å². The van der Waals surface area contributed by atoms with Crippen molar-refractivity contribution in [2.45, 2.75) is 31.5 Å². The lowest BCUT2D eigenvalue weighted by Crippen LogP contribution is -2.40. The molecule has 0 saturated heterocycles. The summed E-state index contributed by atoms with van der Waals surface area (Å²) in [5.41, 5.74) is 4.66. The number of nitrogens with two attached hydrogens (primary N) is 1. The van der Waals surface area contributed by atoms with E-state index in [1.165, 1.54) is 6.08 Å².